The van der Waals surface area contributed by atoms with Crippen LogP contribution < -0.4 is 21.4 Å². The maximum atomic E-state index is 13.8. The van der Waals surface area contributed by atoms with Crippen molar-refractivity contribution < 1.29 is 48.3 Å². The van der Waals surface area contributed by atoms with Crippen LogP contribution in [0.2, 0.25) is 0 Å². The van der Waals surface area contributed by atoms with Crippen molar-refractivity contribution in [1.82, 2.24) is 14.7 Å². The molecule has 0 unspecified atom stereocenters. The van der Waals surface area contributed by atoms with Crippen molar-refractivity contribution in [1.29, 1.82) is 0 Å². The van der Waals surface area contributed by atoms with Crippen molar-refractivity contribution in [3.8, 4) is 17.2 Å². The summed E-state index contributed by atoms with van der Waals surface area (Å²) in [4.78, 5) is 45.7. The number of amides is 2. The number of allylic oxidation sites excluding steroid dienone is 2. The first kappa shape index (κ1) is 43.4. The predicted octanol–water partition coefficient (Wildman–Crippen LogP) is 3.70. The number of rotatable bonds is 14. The lowest BCUT2D eigenvalue weighted by Crippen LogP contribution is -2.65. The Balaban J connectivity index is 1.38. The van der Waals surface area contributed by atoms with Crippen molar-refractivity contribution in [3.63, 3.8) is 0 Å². The highest BCUT2D eigenvalue weighted by atomic mass is 16.7. The molecule has 2 aromatic carbocycles. The quantitative estimate of drug-likeness (QED) is 0.117. The van der Waals surface area contributed by atoms with Crippen LogP contribution in [0.5, 0.6) is 17.2 Å². The molecular weight excluding hydrogens is 738 g/mol. The number of piperazine rings is 1. The summed E-state index contributed by atoms with van der Waals surface area (Å²) in [5.41, 5.74) is 5.29. The van der Waals surface area contributed by atoms with Gasteiger partial charge in [-0.1, -0.05) is 11.6 Å². The third-order valence-electron chi connectivity index (χ3n) is 10.5. The summed E-state index contributed by atoms with van der Waals surface area (Å²) in [7, 11) is 5.52. The Hall–Kier alpha value is -4.71. The molecule has 2 aliphatic rings. The number of aliphatic hydroxyl groups excluding tert-OH is 1. The van der Waals surface area contributed by atoms with Crippen LogP contribution in [0.4, 0.5) is 10.5 Å². The van der Waals surface area contributed by atoms with Gasteiger partial charge in [0.05, 0.1) is 11.0 Å². The lowest BCUT2D eigenvalue weighted by Gasteiger charge is -2.47. The molecule has 57 heavy (non-hydrogen) atoms. The van der Waals surface area contributed by atoms with E-state index in [-0.39, 0.29) is 33.6 Å². The molecule has 1 aromatic heterocycles. The Morgan fingerprint density at radius 2 is 1.74 bits per heavy atom. The number of phenolic OH excluding ortho intramolecular Hbond substituents is 1. The Kier molecular flexibility index (Phi) is 13.9. The number of aromatic hydroxyl groups is 2. The largest absolute Gasteiger partial charge is 0.507 e. The van der Waals surface area contributed by atoms with Gasteiger partial charge in [-0.15, -0.1) is 0 Å². The number of hydrogen-bond acceptors (Lipinski definition) is 14. The molecule has 2 aliphatic heterocycles. The number of aliphatic hydroxyl groups is 1. The van der Waals surface area contributed by atoms with Gasteiger partial charge in [-0.25, -0.2) is 9.59 Å². The van der Waals surface area contributed by atoms with E-state index in [1.54, 1.807) is 32.9 Å². The van der Waals surface area contributed by atoms with Crippen LogP contribution in [0, 0.1) is 6.92 Å². The van der Waals surface area contributed by atoms with Gasteiger partial charge in [0.15, 0.2) is 23.6 Å². The zero-order chi connectivity index (χ0) is 41.8. The molecule has 3 heterocycles. The SMILES string of the molecule is CO[C@@H]1[C@@H](OC(N)=O)[C@@H](O)[C@H](Oc2ccc3c(O)c(NC(=O)c4cc(CC=C(C)C)c(O)c(CN5CCN(CCCN(C)C)CC5)c4)c(=O)oc3c2C)OC1(C)C. The number of phenols is 1. The third kappa shape index (κ3) is 10.2. The highest BCUT2D eigenvalue weighted by Gasteiger charge is 2.53. The minimum atomic E-state index is -1.53. The van der Waals surface area contributed by atoms with Crippen molar-refractivity contribution >= 4 is 28.7 Å². The van der Waals surface area contributed by atoms with Crippen molar-refractivity contribution in [2.24, 2.45) is 5.73 Å². The number of carbonyl (C=O) groups is 2. The first-order chi connectivity index (χ1) is 26.9. The van der Waals surface area contributed by atoms with Gasteiger partial charge in [-0.3, -0.25) is 9.69 Å². The molecule has 312 valence electrons. The number of methoxy groups -OCH3 is 1. The van der Waals surface area contributed by atoms with Crippen molar-refractivity contribution in [2.75, 3.05) is 65.8 Å². The van der Waals surface area contributed by atoms with Crippen LogP contribution in [-0.4, -0.2) is 133 Å². The molecule has 0 radical (unpaired) electrons. The average molecular weight is 796 g/mol. The Labute approximate surface area is 332 Å². The van der Waals surface area contributed by atoms with E-state index in [2.05, 4.69) is 34.1 Å². The van der Waals surface area contributed by atoms with E-state index in [0.29, 0.717) is 24.1 Å². The number of nitrogens with one attached hydrogen (secondary N) is 1. The summed E-state index contributed by atoms with van der Waals surface area (Å²) < 4.78 is 28.3. The van der Waals surface area contributed by atoms with Gasteiger partial charge in [0.1, 0.15) is 23.2 Å². The maximum Gasteiger partial charge on any atom is 0.404 e. The van der Waals surface area contributed by atoms with Gasteiger partial charge in [0.2, 0.25) is 6.29 Å². The number of benzene rings is 2. The van der Waals surface area contributed by atoms with Gasteiger partial charge >= 0.3 is 11.7 Å². The lowest BCUT2D eigenvalue weighted by molar-refractivity contribution is -0.304. The molecule has 2 fully saturated rings. The van der Waals surface area contributed by atoms with Gasteiger partial charge in [-0.2, -0.15) is 0 Å². The summed E-state index contributed by atoms with van der Waals surface area (Å²) in [6, 6.07) is 6.11. The average Bonchev–Trinajstić information content (AvgIpc) is 3.13. The second-order valence-corrected chi connectivity index (χ2v) is 15.8. The molecule has 0 aliphatic carbocycles. The summed E-state index contributed by atoms with van der Waals surface area (Å²) >= 11 is 0. The number of hydrogen-bond donors (Lipinski definition) is 5. The Morgan fingerprint density at radius 3 is 2.37 bits per heavy atom. The molecular formula is C41H57N5O11. The lowest BCUT2D eigenvalue weighted by atomic mass is 9.89. The van der Waals surface area contributed by atoms with E-state index >= 15 is 0 Å². The van der Waals surface area contributed by atoms with Crippen molar-refractivity contribution in [2.45, 2.75) is 84.2 Å². The second-order valence-electron chi connectivity index (χ2n) is 15.8. The molecule has 5 rings (SSSR count). The summed E-state index contributed by atoms with van der Waals surface area (Å²) in [5, 5.41) is 36.4. The molecule has 0 spiro atoms. The Bertz CT molecular complexity index is 2020. The molecule has 2 amide bonds. The van der Waals surface area contributed by atoms with Crippen LogP contribution in [0.25, 0.3) is 11.0 Å². The molecule has 0 bridgehead atoms. The van der Waals surface area contributed by atoms with Crippen LogP contribution in [0.3, 0.4) is 0 Å². The molecule has 2 saturated heterocycles. The molecule has 6 N–H and O–H groups in total. The van der Waals surface area contributed by atoms with Crippen LogP contribution in [0.1, 0.15) is 61.2 Å². The van der Waals surface area contributed by atoms with E-state index < -0.39 is 59.3 Å². The normalized spacial score (nSPS) is 21.4. The van der Waals surface area contributed by atoms with Crippen molar-refractivity contribution in [3.05, 3.63) is 68.6 Å². The first-order valence-corrected chi connectivity index (χ1v) is 19.1. The molecule has 16 heteroatoms. The standard InChI is InChI=1S/C41H57N5O11/c1-23(2)10-11-25-20-26(21-27(31(25)47)22-46-18-16-45(17-19-46)15-9-14-44(6)7)37(50)43-30-32(48)28-12-13-29(24(3)34(28)55-38(30)51)54-39-33(49)35(56-40(42)52)36(53-8)41(4,5)57-39/h10,12-13,20-21,33,35-36,39,47-49H,9,11,14-19,22H2,1-8H3,(H2,42,52)(H,43,50)/t33-,35+,36-,39-/m1/s1. The molecule has 0 saturated carbocycles. The minimum Gasteiger partial charge on any atom is -0.507 e. The number of primary amides is 1. The maximum absolute atomic E-state index is 13.8. The van der Waals surface area contributed by atoms with Gasteiger partial charge < -0.3 is 59.5 Å². The summed E-state index contributed by atoms with van der Waals surface area (Å²) in [6.07, 6.45) is -2.70. The first-order valence-electron chi connectivity index (χ1n) is 19.1. The van der Waals surface area contributed by atoms with Crippen LogP contribution in [-0.2, 0) is 27.2 Å². The summed E-state index contributed by atoms with van der Waals surface area (Å²) in [5.74, 6) is -0.957. The third-order valence-corrected chi connectivity index (χ3v) is 10.5. The number of aryl methyl sites for hydroxylation is 1. The molecule has 4 atom stereocenters. The zero-order valence-electron chi connectivity index (χ0n) is 34.1. The van der Waals surface area contributed by atoms with E-state index in [0.717, 1.165) is 51.3 Å². The molecule has 16 nitrogen and oxygen atoms in total. The number of fused-ring (bicyclic) bond motifs is 1. The smallest absolute Gasteiger partial charge is 0.404 e. The number of nitrogens with two attached hydrogens (primary N) is 1. The summed E-state index contributed by atoms with van der Waals surface area (Å²) in [6.45, 7) is 14.7. The monoisotopic (exact) mass is 795 g/mol. The highest BCUT2D eigenvalue weighted by Crippen LogP contribution is 2.39. The molecule has 3 aromatic rings. The van der Waals surface area contributed by atoms with Gasteiger partial charge in [0.25, 0.3) is 5.91 Å². The van der Waals surface area contributed by atoms with E-state index in [1.807, 2.05) is 19.9 Å². The van der Waals surface area contributed by atoms with Gasteiger partial charge in [0, 0.05) is 56.5 Å². The Morgan fingerprint density at radius 1 is 1.07 bits per heavy atom. The highest BCUT2D eigenvalue weighted by molar-refractivity contribution is 6.07. The minimum absolute atomic E-state index is 0.0361. The number of ether oxygens (including phenoxy) is 4. The van der Waals surface area contributed by atoms with E-state index in [4.69, 9.17) is 29.1 Å². The van der Waals surface area contributed by atoms with Gasteiger partial charge in [-0.05, 0) is 104 Å². The van der Waals surface area contributed by atoms with E-state index in [9.17, 15) is 29.7 Å². The fraction of sp³-hybridized carbons (Fsp3) is 0.537. The zero-order valence-corrected chi connectivity index (χ0v) is 34.1. The fourth-order valence-corrected chi connectivity index (χ4v) is 7.36. The predicted molar refractivity (Wildman–Crippen MR) is 214 cm³/mol. The topological polar surface area (TPSA) is 210 Å². The van der Waals surface area contributed by atoms with Crippen LogP contribution >= 0.6 is 0 Å². The van der Waals surface area contributed by atoms with Crippen LogP contribution in [0.15, 0.2) is 45.1 Å². The number of anilines is 1. The van der Waals surface area contributed by atoms with E-state index in [1.165, 1.54) is 19.2 Å². The number of carbonyl (C=O) groups excluding carboxylic acids is 2. The number of nitrogens with zero attached hydrogens (tertiary/aromatic N) is 3. The second kappa shape index (κ2) is 18.3. The fourth-order valence-electron chi connectivity index (χ4n) is 7.36.